The van der Waals surface area contributed by atoms with Crippen LogP contribution in [0.3, 0.4) is 0 Å². The summed E-state index contributed by atoms with van der Waals surface area (Å²) in [5.74, 6) is 0.752. The predicted molar refractivity (Wildman–Crippen MR) is 97.8 cm³/mol. The molecule has 1 aromatic carbocycles. The fraction of sp³-hybridized carbons (Fsp3) is 0.158. The van der Waals surface area contributed by atoms with Gasteiger partial charge in [0, 0.05) is 29.8 Å². The van der Waals surface area contributed by atoms with Crippen LogP contribution in [0.15, 0.2) is 53.3 Å². The summed E-state index contributed by atoms with van der Waals surface area (Å²) in [5.41, 5.74) is 2.83. The van der Waals surface area contributed by atoms with E-state index in [0.717, 1.165) is 23.0 Å². The van der Waals surface area contributed by atoms with Gasteiger partial charge in [-0.15, -0.1) is 0 Å². The number of nitrogens with zero attached hydrogens (tertiary/aromatic N) is 4. The van der Waals surface area contributed by atoms with Crippen molar-refractivity contribution in [3.8, 4) is 11.3 Å². The minimum atomic E-state index is -0.263. The minimum absolute atomic E-state index is 0.263. The van der Waals surface area contributed by atoms with E-state index in [0.29, 0.717) is 22.8 Å². The van der Waals surface area contributed by atoms with Crippen molar-refractivity contribution in [1.82, 2.24) is 19.9 Å². The molecule has 130 valence electrons. The molecule has 3 aromatic heterocycles. The number of hydrogen-bond donors (Lipinski definition) is 1. The standard InChI is InChI=1S/C19H17N5O2/c1-3-24-11-13(10-20-24)17-9-15(14-6-4-5-7-16(14)21-17)19(25)22-18-8-12(2)26-23-18/h4-11H,3H2,1-2H3,(H,22,23,25). The highest BCUT2D eigenvalue weighted by Gasteiger charge is 2.16. The number of nitrogens with one attached hydrogen (secondary N) is 1. The fourth-order valence-corrected chi connectivity index (χ4v) is 2.79. The first-order valence-electron chi connectivity index (χ1n) is 8.31. The lowest BCUT2D eigenvalue weighted by Crippen LogP contribution is -2.13. The molecule has 3 heterocycles. The van der Waals surface area contributed by atoms with Gasteiger partial charge in [0.25, 0.3) is 5.91 Å². The van der Waals surface area contributed by atoms with E-state index < -0.39 is 0 Å². The third-order valence-corrected chi connectivity index (χ3v) is 4.08. The Hall–Kier alpha value is -3.48. The quantitative estimate of drug-likeness (QED) is 0.609. The van der Waals surface area contributed by atoms with Crippen LogP contribution in [0.25, 0.3) is 22.2 Å². The molecule has 4 rings (SSSR count). The van der Waals surface area contributed by atoms with Gasteiger partial charge < -0.3 is 9.84 Å². The van der Waals surface area contributed by atoms with Crippen LogP contribution in [-0.2, 0) is 6.54 Å². The predicted octanol–water partition coefficient (Wildman–Crippen LogP) is 3.67. The van der Waals surface area contributed by atoms with Crippen LogP contribution in [0.1, 0.15) is 23.0 Å². The molecule has 1 N–H and O–H groups in total. The maximum absolute atomic E-state index is 12.8. The summed E-state index contributed by atoms with van der Waals surface area (Å²) >= 11 is 0. The van der Waals surface area contributed by atoms with Gasteiger partial charge in [-0.1, -0.05) is 23.4 Å². The van der Waals surface area contributed by atoms with Crippen LogP contribution >= 0.6 is 0 Å². The lowest BCUT2D eigenvalue weighted by molar-refractivity contribution is 0.102. The monoisotopic (exact) mass is 347 g/mol. The molecule has 1 amide bonds. The van der Waals surface area contributed by atoms with Crippen LogP contribution in [-0.4, -0.2) is 25.8 Å². The van der Waals surface area contributed by atoms with Gasteiger partial charge in [0.15, 0.2) is 5.82 Å². The highest BCUT2D eigenvalue weighted by molar-refractivity contribution is 6.12. The molecular formula is C19H17N5O2. The van der Waals surface area contributed by atoms with Crippen LogP contribution in [0.2, 0.25) is 0 Å². The lowest BCUT2D eigenvalue weighted by atomic mass is 10.0. The Morgan fingerprint density at radius 2 is 2.12 bits per heavy atom. The topological polar surface area (TPSA) is 85.8 Å². The van der Waals surface area contributed by atoms with Crippen LogP contribution in [0, 0.1) is 6.92 Å². The number of hydrogen-bond acceptors (Lipinski definition) is 5. The SMILES string of the molecule is CCn1cc(-c2cc(C(=O)Nc3cc(C)on3)c3ccccc3n2)cn1. The number of fused-ring (bicyclic) bond motifs is 1. The molecule has 0 unspecified atom stereocenters. The summed E-state index contributed by atoms with van der Waals surface area (Å²) < 4.78 is 6.83. The van der Waals surface area contributed by atoms with Crippen molar-refractivity contribution in [2.75, 3.05) is 5.32 Å². The molecule has 4 aromatic rings. The van der Waals surface area contributed by atoms with E-state index in [1.807, 2.05) is 42.1 Å². The fourth-order valence-electron chi connectivity index (χ4n) is 2.79. The number of para-hydroxylation sites is 1. The molecule has 0 atom stereocenters. The third kappa shape index (κ3) is 2.95. The van der Waals surface area contributed by atoms with E-state index in [4.69, 9.17) is 4.52 Å². The molecule has 0 radical (unpaired) electrons. The summed E-state index contributed by atoms with van der Waals surface area (Å²) in [5, 5.41) is 11.7. The summed E-state index contributed by atoms with van der Waals surface area (Å²) in [6.45, 7) is 4.56. The number of carbonyl (C=O) groups is 1. The minimum Gasteiger partial charge on any atom is -0.360 e. The van der Waals surface area contributed by atoms with Gasteiger partial charge in [0.05, 0.1) is 23.0 Å². The molecule has 26 heavy (non-hydrogen) atoms. The summed E-state index contributed by atoms with van der Waals surface area (Å²) in [7, 11) is 0. The zero-order valence-electron chi connectivity index (χ0n) is 14.4. The smallest absolute Gasteiger partial charge is 0.257 e. The first kappa shape index (κ1) is 16.0. The Labute approximate surface area is 149 Å². The summed E-state index contributed by atoms with van der Waals surface area (Å²) in [4.78, 5) is 17.5. The van der Waals surface area contributed by atoms with Gasteiger partial charge in [-0.3, -0.25) is 9.48 Å². The van der Waals surface area contributed by atoms with Crippen molar-refractivity contribution in [2.24, 2.45) is 0 Å². The number of carbonyl (C=O) groups excluding carboxylic acids is 1. The normalized spacial score (nSPS) is 11.0. The van der Waals surface area contributed by atoms with E-state index in [-0.39, 0.29) is 5.91 Å². The van der Waals surface area contributed by atoms with Gasteiger partial charge in [-0.2, -0.15) is 5.10 Å². The Bertz CT molecular complexity index is 1100. The molecular weight excluding hydrogens is 330 g/mol. The Morgan fingerprint density at radius 3 is 2.85 bits per heavy atom. The van der Waals surface area contributed by atoms with E-state index in [1.54, 1.807) is 25.3 Å². The van der Waals surface area contributed by atoms with Crippen LogP contribution in [0.5, 0.6) is 0 Å². The van der Waals surface area contributed by atoms with Gasteiger partial charge >= 0.3 is 0 Å². The average molecular weight is 347 g/mol. The lowest BCUT2D eigenvalue weighted by Gasteiger charge is -2.08. The third-order valence-electron chi connectivity index (χ3n) is 4.08. The maximum Gasteiger partial charge on any atom is 0.257 e. The van der Waals surface area contributed by atoms with E-state index in [1.165, 1.54) is 0 Å². The Morgan fingerprint density at radius 1 is 1.27 bits per heavy atom. The largest absolute Gasteiger partial charge is 0.360 e. The molecule has 7 heteroatoms. The zero-order valence-corrected chi connectivity index (χ0v) is 14.4. The van der Waals surface area contributed by atoms with Gasteiger partial charge in [-0.25, -0.2) is 4.98 Å². The number of aromatic nitrogens is 4. The highest BCUT2D eigenvalue weighted by Crippen LogP contribution is 2.25. The van der Waals surface area contributed by atoms with Crippen molar-refractivity contribution >= 4 is 22.6 Å². The highest BCUT2D eigenvalue weighted by atomic mass is 16.5. The van der Waals surface area contributed by atoms with Crippen LogP contribution < -0.4 is 5.32 Å². The van der Waals surface area contributed by atoms with Gasteiger partial charge in [-0.05, 0) is 26.0 Å². The van der Waals surface area contributed by atoms with Gasteiger partial charge in [0.2, 0.25) is 0 Å². The first-order chi connectivity index (χ1) is 12.6. The van der Waals surface area contributed by atoms with Crippen LogP contribution in [0.4, 0.5) is 5.82 Å². The average Bonchev–Trinajstić information content (AvgIpc) is 3.29. The zero-order chi connectivity index (χ0) is 18.1. The van der Waals surface area contributed by atoms with Crippen molar-refractivity contribution in [1.29, 1.82) is 0 Å². The second kappa shape index (κ2) is 6.44. The van der Waals surface area contributed by atoms with Crippen molar-refractivity contribution in [3.05, 3.63) is 60.1 Å². The van der Waals surface area contributed by atoms with E-state index in [9.17, 15) is 4.79 Å². The van der Waals surface area contributed by atoms with Gasteiger partial charge in [0.1, 0.15) is 5.76 Å². The Balaban J connectivity index is 1.80. The summed E-state index contributed by atoms with van der Waals surface area (Å²) in [6, 6.07) is 11.0. The number of aryl methyl sites for hydroxylation is 2. The van der Waals surface area contributed by atoms with E-state index in [2.05, 4.69) is 20.6 Å². The Kier molecular flexibility index (Phi) is 3.96. The second-order valence-electron chi connectivity index (χ2n) is 5.93. The molecule has 0 fully saturated rings. The van der Waals surface area contributed by atoms with Crippen molar-refractivity contribution < 1.29 is 9.32 Å². The second-order valence-corrected chi connectivity index (χ2v) is 5.93. The molecule has 7 nitrogen and oxygen atoms in total. The molecule has 0 spiro atoms. The molecule has 0 saturated heterocycles. The number of amides is 1. The molecule has 0 aliphatic rings. The number of anilines is 1. The van der Waals surface area contributed by atoms with Crippen molar-refractivity contribution in [2.45, 2.75) is 20.4 Å². The molecule has 0 aliphatic heterocycles. The number of pyridine rings is 1. The first-order valence-corrected chi connectivity index (χ1v) is 8.31. The number of rotatable bonds is 4. The molecule has 0 aliphatic carbocycles. The summed E-state index contributed by atoms with van der Waals surface area (Å²) in [6.07, 6.45) is 3.67. The molecule has 0 bridgehead atoms. The number of benzene rings is 1. The molecule has 0 saturated carbocycles. The van der Waals surface area contributed by atoms with E-state index >= 15 is 0 Å². The maximum atomic E-state index is 12.8. The van der Waals surface area contributed by atoms with Crippen molar-refractivity contribution in [3.63, 3.8) is 0 Å².